The van der Waals surface area contributed by atoms with E-state index in [0.717, 1.165) is 49.5 Å². The van der Waals surface area contributed by atoms with Crippen molar-refractivity contribution >= 4 is 22.1 Å². The lowest BCUT2D eigenvalue weighted by atomic mass is 10.3. The molecule has 0 aromatic carbocycles. The minimum atomic E-state index is 0.737. The third-order valence-corrected chi connectivity index (χ3v) is 4.73. The van der Waals surface area contributed by atoms with Gasteiger partial charge < -0.3 is 15.0 Å². The van der Waals surface area contributed by atoms with Gasteiger partial charge in [-0.1, -0.05) is 0 Å². The number of ether oxygens (including phenoxy) is 1. The molecule has 5 nitrogen and oxygen atoms in total. The molecule has 2 aromatic heterocycles. The molecule has 0 amide bonds. The Labute approximate surface area is 129 Å². The molecule has 0 unspecified atom stereocenters. The summed E-state index contributed by atoms with van der Waals surface area (Å²) in [7, 11) is 1.73. The molecule has 0 bridgehead atoms. The molecule has 0 aliphatic heterocycles. The monoisotopic (exact) mass is 308 g/mol. The Morgan fingerprint density at radius 3 is 3.10 bits per heavy atom. The fourth-order valence-electron chi connectivity index (χ4n) is 2.60. The molecule has 6 heteroatoms. The topological polar surface area (TPSA) is 41.8 Å². The molecule has 116 valence electrons. The molecule has 2 aromatic rings. The van der Waals surface area contributed by atoms with Crippen LogP contribution in [-0.2, 0) is 11.3 Å². The molecule has 0 radical (unpaired) electrons. The molecule has 1 aliphatic carbocycles. The summed E-state index contributed by atoms with van der Waals surface area (Å²) < 4.78 is 7.32. The van der Waals surface area contributed by atoms with E-state index in [1.165, 1.54) is 18.5 Å². The highest BCUT2D eigenvalue weighted by Crippen LogP contribution is 2.32. The number of fused-ring (bicyclic) bond motifs is 1. The fourth-order valence-corrected chi connectivity index (χ4v) is 3.33. The highest BCUT2D eigenvalue weighted by molar-refractivity contribution is 7.15. The molecular formula is C15H24N4OS. The smallest absolute Gasteiger partial charge is 0.195 e. The predicted molar refractivity (Wildman–Crippen MR) is 87.3 cm³/mol. The van der Waals surface area contributed by atoms with Crippen LogP contribution in [0.3, 0.4) is 0 Å². The lowest BCUT2D eigenvalue weighted by Crippen LogP contribution is -2.28. The number of thiazole rings is 1. The standard InChI is InChI=1S/C15H24N4OS/c1-3-18(11-12-4-5-12)14-13(10-16-6-8-20-2)19-7-9-21-15(19)17-14/h7,9,12,16H,3-6,8,10-11H2,1-2H3. The second kappa shape index (κ2) is 6.77. The number of rotatable bonds is 9. The largest absolute Gasteiger partial charge is 0.383 e. The fraction of sp³-hybridized carbons (Fsp3) is 0.667. The van der Waals surface area contributed by atoms with Crippen LogP contribution in [-0.4, -0.2) is 42.7 Å². The van der Waals surface area contributed by atoms with Crippen LogP contribution in [0.1, 0.15) is 25.5 Å². The number of nitrogens with zero attached hydrogens (tertiary/aromatic N) is 3. The van der Waals surface area contributed by atoms with E-state index < -0.39 is 0 Å². The van der Waals surface area contributed by atoms with Gasteiger partial charge in [-0.3, -0.25) is 4.40 Å². The highest BCUT2D eigenvalue weighted by atomic mass is 32.1. The summed E-state index contributed by atoms with van der Waals surface area (Å²) in [6.07, 6.45) is 4.87. The molecule has 21 heavy (non-hydrogen) atoms. The first-order chi connectivity index (χ1) is 10.3. The summed E-state index contributed by atoms with van der Waals surface area (Å²) in [5, 5.41) is 5.55. The molecule has 0 spiro atoms. The summed E-state index contributed by atoms with van der Waals surface area (Å²) in [5.74, 6) is 2.03. The van der Waals surface area contributed by atoms with Crippen LogP contribution in [0.15, 0.2) is 11.6 Å². The first-order valence-electron chi connectivity index (χ1n) is 7.72. The van der Waals surface area contributed by atoms with E-state index in [0.29, 0.717) is 0 Å². The number of anilines is 1. The van der Waals surface area contributed by atoms with Crippen LogP contribution < -0.4 is 10.2 Å². The first kappa shape index (κ1) is 14.8. The van der Waals surface area contributed by atoms with Crippen molar-refractivity contribution in [2.45, 2.75) is 26.3 Å². The molecule has 2 heterocycles. The minimum Gasteiger partial charge on any atom is -0.383 e. The average Bonchev–Trinajstić information content (AvgIpc) is 3.08. The van der Waals surface area contributed by atoms with E-state index in [1.54, 1.807) is 18.4 Å². The van der Waals surface area contributed by atoms with Gasteiger partial charge in [0, 0.05) is 44.9 Å². The number of hydrogen-bond acceptors (Lipinski definition) is 5. The van der Waals surface area contributed by atoms with Crippen LogP contribution >= 0.6 is 11.3 Å². The zero-order chi connectivity index (χ0) is 14.7. The third-order valence-electron chi connectivity index (χ3n) is 3.97. The number of nitrogens with one attached hydrogen (secondary N) is 1. The van der Waals surface area contributed by atoms with Crippen LogP contribution in [0, 0.1) is 5.92 Å². The Kier molecular flexibility index (Phi) is 4.77. The van der Waals surface area contributed by atoms with Gasteiger partial charge in [-0.25, -0.2) is 4.98 Å². The lowest BCUT2D eigenvalue weighted by Gasteiger charge is -2.22. The van der Waals surface area contributed by atoms with Crippen LogP contribution in [0.4, 0.5) is 5.82 Å². The average molecular weight is 308 g/mol. The molecule has 3 rings (SSSR count). The van der Waals surface area contributed by atoms with Gasteiger partial charge in [0.15, 0.2) is 10.8 Å². The molecule has 1 saturated carbocycles. The molecule has 0 atom stereocenters. The second-order valence-corrected chi connectivity index (χ2v) is 6.46. The molecular weight excluding hydrogens is 284 g/mol. The van der Waals surface area contributed by atoms with Crippen LogP contribution in [0.5, 0.6) is 0 Å². The third kappa shape index (κ3) is 3.39. The van der Waals surface area contributed by atoms with Crippen molar-refractivity contribution in [3.8, 4) is 0 Å². The molecule has 1 fully saturated rings. The van der Waals surface area contributed by atoms with Gasteiger partial charge in [0.05, 0.1) is 12.3 Å². The Bertz CT molecular complexity index is 575. The maximum Gasteiger partial charge on any atom is 0.195 e. The van der Waals surface area contributed by atoms with E-state index >= 15 is 0 Å². The van der Waals surface area contributed by atoms with Crippen molar-refractivity contribution in [2.75, 3.05) is 38.3 Å². The maximum absolute atomic E-state index is 5.10. The number of methoxy groups -OCH3 is 1. The Hall–Kier alpha value is -1.11. The second-order valence-electron chi connectivity index (χ2n) is 5.59. The van der Waals surface area contributed by atoms with Crippen molar-refractivity contribution in [3.05, 3.63) is 17.3 Å². The summed E-state index contributed by atoms with van der Waals surface area (Å²) in [6, 6.07) is 0. The molecule has 1 N–H and O–H groups in total. The van der Waals surface area contributed by atoms with Gasteiger partial charge in [-0.05, 0) is 25.7 Å². The van der Waals surface area contributed by atoms with Crippen molar-refractivity contribution in [1.82, 2.24) is 14.7 Å². The van der Waals surface area contributed by atoms with Gasteiger partial charge in [0.2, 0.25) is 0 Å². The Balaban J connectivity index is 1.79. The Morgan fingerprint density at radius 1 is 1.52 bits per heavy atom. The van der Waals surface area contributed by atoms with Gasteiger partial charge >= 0.3 is 0 Å². The van der Waals surface area contributed by atoms with Crippen molar-refractivity contribution in [3.63, 3.8) is 0 Å². The van der Waals surface area contributed by atoms with E-state index in [9.17, 15) is 0 Å². The summed E-state index contributed by atoms with van der Waals surface area (Å²) in [6.45, 7) is 6.82. The minimum absolute atomic E-state index is 0.737. The molecule has 1 aliphatic rings. The van der Waals surface area contributed by atoms with Gasteiger partial charge in [0.1, 0.15) is 0 Å². The summed E-state index contributed by atoms with van der Waals surface area (Å²) in [5.41, 5.74) is 1.27. The SMILES string of the molecule is CCN(CC1CC1)c1nc2sccn2c1CNCCOC. The van der Waals surface area contributed by atoms with E-state index in [1.807, 2.05) is 0 Å². The van der Waals surface area contributed by atoms with Crippen LogP contribution in [0.2, 0.25) is 0 Å². The maximum atomic E-state index is 5.10. The van der Waals surface area contributed by atoms with E-state index in [-0.39, 0.29) is 0 Å². The van der Waals surface area contributed by atoms with Crippen molar-refractivity contribution in [1.29, 1.82) is 0 Å². The van der Waals surface area contributed by atoms with Gasteiger partial charge in [-0.15, -0.1) is 11.3 Å². The van der Waals surface area contributed by atoms with Crippen LogP contribution in [0.25, 0.3) is 4.96 Å². The zero-order valence-electron chi connectivity index (χ0n) is 12.8. The highest BCUT2D eigenvalue weighted by Gasteiger charge is 2.26. The van der Waals surface area contributed by atoms with E-state index in [2.05, 4.69) is 33.1 Å². The quantitative estimate of drug-likeness (QED) is 0.722. The normalized spacial score (nSPS) is 15.0. The number of aromatic nitrogens is 2. The first-order valence-corrected chi connectivity index (χ1v) is 8.60. The lowest BCUT2D eigenvalue weighted by molar-refractivity contribution is 0.199. The number of hydrogen-bond donors (Lipinski definition) is 1. The predicted octanol–water partition coefficient (Wildman–Crippen LogP) is 2.37. The number of imidazole rings is 1. The zero-order valence-corrected chi connectivity index (χ0v) is 13.7. The van der Waals surface area contributed by atoms with Crippen molar-refractivity contribution < 1.29 is 4.74 Å². The van der Waals surface area contributed by atoms with Crippen molar-refractivity contribution in [2.24, 2.45) is 5.92 Å². The Morgan fingerprint density at radius 2 is 2.38 bits per heavy atom. The van der Waals surface area contributed by atoms with E-state index in [4.69, 9.17) is 9.72 Å². The molecule has 0 saturated heterocycles. The van der Waals surface area contributed by atoms with Gasteiger partial charge in [-0.2, -0.15) is 0 Å². The van der Waals surface area contributed by atoms with Gasteiger partial charge in [0.25, 0.3) is 0 Å². The summed E-state index contributed by atoms with van der Waals surface area (Å²) in [4.78, 5) is 8.38. The summed E-state index contributed by atoms with van der Waals surface area (Å²) >= 11 is 1.70.